The number of carboxylic acids is 1. The molecule has 6 heteroatoms. The van der Waals surface area contributed by atoms with Crippen LogP contribution in [0.2, 0.25) is 0 Å². The van der Waals surface area contributed by atoms with Gasteiger partial charge in [-0.15, -0.1) is 11.8 Å². The predicted octanol–water partition coefficient (Wildman–Crippen LogP) is 1.98. The second kappa shape index (κ2) is 5.38. The normalized spacial score (nSPS) is 25.9. The molecule has 1 saturated heterocycles. The standard InChI is InChI=1S/C12H22N2O3S/c1-7(12(3,4)5)13-11(17)14-8(2)18-6-9(14)10(15)16/h7-9H,6H2,1-5H3,(H,13,17)(H,15,16). The molecule has 0 aliphatic carbocycles. The highest BCUT2D eigenvalue weighted by Gasteiger charge is 2.40. The maximum atomic E-state index is 12.2. The second-order valence-corrected chi connectivity index (χ2v) is 7.08. The van der Waals surface area contributed by atoms with Crippen LogP contribution in [0.4, 0.5) is 4.79 Å². The Morgan fingerprint density at radius 3 is 2.44 bits per heavy atom. The molecule has 1 rings (SSSR count). The van der Waals surface area contributed by atoms with Crippen LogP contribution in [-0.2, 0) is 4.79 Å². The highest BCUT2D eigenvalue weighted by atomic mass is 32.2. The largest absolute Gasteiger partial charge is 0.480 e. The molecule has 18 heavy (non-hydrogen) atoms. The summed E-state index contributed by atoms with van der Waals surface area (Å²) in [5, 5.41) is 11.9. The van der Waals surface area contributed by atoms with Crippen LogP contribution in [0.3, 0.4) is 0 Å². The molecule has 2 amide bonds. The maximum absolute atomic E-state index is 12.2. The van der Waals surface area contributed by atoms with E-state index in [-0.39, 0.29) is 22.9 Å². The summed E-state index contributed by atoms with van der Waals surface area (Å²) in [5.41, 5.74) is -0.0511. The van der Waals surface area contributed by atoms with Gasteiger partial charge in [0.05, 0.1) is 5.37 Å². The number of nitrogens with zero attached hydrogens (tertiary/aromatic N) is 1. The summed E-state index contributed by atoms with van der Waals surface area (Å²) in [7, 11) is 0. The van der Waals surface area contributed by atoms with Crippen molar-refractivity contribution in [1.29, 1.82) is 0 Å². The third-order valence-electron chi connectivity index (χ3n) is 3.38. The number of carbonyl (C=O) groups is 2. The number of thioether (sulfide) groups is 1. The van der Waals surface area contributed by atoms with Crippen LogP contribution in [0.25, 0.3) is 0 Å². The number of urea groups is 1. The predicted molar refractivity (Wildman–Crippen MR) is 72.6 cm³/mol. The van der Waals surface area contributed by atoms with Gasteiger partial charge >= 0.3 is 12.0 Å². The number of nitrogens with one attached hydrogen (secondary N) is 1. The van der Waals surface area contributed by atoms with Gasteiger partial charge in [-0.2, -0.15) is 0 Å². The maximum Gasteiger partial charge on any atom is 0.327 e. The van der Waals surface area contributed by atoms with Crippen LogP contribution < -0.4 is 5.32 Å². The zero-order chi connectivity index (χ0) is 14.1. The number of hydrogen-bond acceptors (Lipinski definition) is 3. The molecule has 5 nitrogen and oxygen atoms in total. The third kappa shape index (κ3) is 3.31. The summed E-state index contributed by atoms with van der Waals surface area (Å²) < 4.78 is 0. The zero-order valence-corrected chi connectivity index (χ0v) is 12.4. The molecule has 0 spiro atoms. The average molecular weight is 274 g/mol. The number of rotatable bonds is 2. The number of carbonyl (C=O) groups excluding carboxylic acids is 1. The summed E-state index contributed by atoms with van der Waals surface area (Å²) in [6, 6.07) is -1.03. The fourth-order valence-electron chi connectivity index (χ4n) is 1.62. The molecule has 0 saturated carbocycles. The van der Waals surface area contributed by atoms with Crippen molar-refractivity contribution >= 4 is 23.8 Å². The highest BCUT2D eigenvalue weighted by molar-refractivity contribution is 8.00. The minimum atomic E-state index is -0.939. The number of carboxylic acid groups (broad SMARTS) is 1. The first-order valence-electron chi connectivity index (χ1n) is 6.08. The van der Waals surface area contributed by atoms with Gasteiger partial charge in [0.25, 0.3) is 0 Å². The molecule has 0 aromatic carbocycles. The summed E-state index contributed by atoms with van der Waals surface area (Å²) in [4.78, 5) is 24.7. The van der Waals surface area contributed by atoms with Gasteiger partial charge in [0, 0.05) is 11.8 Å². The second-order valence-electron chi connectivity index (χ2n) is 5.73. The molecule has 0 bridgehead atoms. The summed E-state index contributed by atoms with van der Waals surface area (Å²) in [6.07, 6.45) is 0. The van der Waals surface area contributed by atoms with Gasteiger partial charge in [-0.3, -0.25) is 4.90 Å². The van der Waals surface area contributed by atoms with Gasteiger partial charge in [0.1, 0.15) is 6.04 Å². The molecule has 0 radical (unpaired) electrons. The lowest BCUT2D eigenvalue weighted by Gasteiger charge is -2.32. The van der Waals surface area contributed by atoms with Crippen molar-refractivity contribution < 1.29 is 14.7 Å². The number of aliphatic carboxylic acids is 1. The minimum absolute atomic E-state index is 0.0164. The summed E-state index contributed by atoms with van der Waals surface area (Å²) in [6.45, 7) is 9.90. The zero-order valence-electron chi connectivity index (χ0n) is 11.6. The first-order valence-corrected chi connectivity index (χ1v) is 7.12. The molecule has 1 fully saturated rings. The molecular weight excluding hydrogens is 252 g/mol. The van der Waals surface area contributed by atoms with Gasteiger partial charge in [-0.05, 0) is 19.3 Å². The van der Waals surface area contributed by atoms with E-state index in [4.69, 9.17) is 5.11 Å². The smallest absolute Gasteiger partial charge is 0.327 e. The van der Waals surface area contributed by atoms with Crippen LogP contribution in [-0.4, -0.2) is 45.2 Å². The van der Waals surface area contributed by atoms with Crippen LogP contribution >= 0.6 is 11.8 Å². The van der Waals surface area contributed by atoms with Gasteiger partial charge in [0.15, 0.2) is 0 Å². The third-order valence-corrected chi connectivity index (χ3v) is 4.60. The molecule has 3 atom stereocenters. The molecule has 3 unspecified atom stereocenters. The average Bonchev–Trinajstić information content (AvgIpc) is 2.58. The number of amides is 2. The fourth-order valence-corrected chi connectivity index (χ4v) is 2.78. The van der Waals surface area contributed by atoms with Gasteiger partial charge in [0.2, 0.25) is 0 Å². The Kier molecular flexibility index (Phi) is 4.53. The minimum Gasteiger partial charge on any atom is -0.480 e. The summed E-state index contributed by atoms with van der Waals surface area (Å²) >= 11 is 1.49. The molecule has 0 aromatic heterocycles. The van der Waals surface area contributed by atoms with Gasteiger partial charge in [-0.25, -0.2) is 9.59 Å². The molecule has 104 valence electrons. The van der Waals surface area contributed by atoms with Crippen molar-refractivity contribution in [2.45, 2.75) is 52.1 Å². The van der Waals surface area contributed by atoms with Crippen LogP contribution in [0.15, 0.2) is 0 Å². The molecule has 1 aliphatic rings. The van der Waals surface area contributed by atoms with E-state index in [0.29, 0.717) is 5.75 Å². The summed E-state index contributed by atoms with van der Waals surface area (Å²) in [5.74, 6) is -0.487. The monoisotopic (exact) mass is 274 g/mol. The Morgan fingerprint density at radius 2 is 2.00 bits per heavy atom. The van der Waals surface area contributed by atoms with E-state index in [0.717, 1.165) is 0 Å². The van der Waals surface area contributed by atoms with Crippen LogP contribution in [0.1, 0.15) is 34.6 Å². The van der Waals surface area contributed by atoms with Crippen molar-refractivity contribution in [1.82, 2.24) is 10.2 Å². The van der Waals surface area contributed by atoms with Crippen molar-refractivity contribution in [2.75, 3.05) is 5.75 Å². The van der Waals surface area contributed by atoms with E-state index in [9.17, 15) is 9.59 Å². The Bertz CT molecular complexity index is 341. The van der Waals surface area contributed by atoms with Crippen LogP contribution in [0, 0.1) is 5.41 Å². The lowest BCUT2D eigenvalue weighted by Crippen LogP contribution is -2.53. The first-order chi connectivity index (χ1) is 8.14. The molecule has 1 heterocycles. The molecule has 2 N–H and O–H groups in total. The Morgan fingerprint density at radius 1 is 1.44 bits per heavy atom. The first kappa shape index (κ1) is 15.1. The Labute approximate surface area is 112 Å². The highest BCUT2D eigenvalue weighted by Crippen LogP contribution is 2.29. The van der Waals surface area contributed by atoms with Crippen molar-refractivity contribution in [3.05, 3.63) is 0 Å². The topological polar surface area (TPSA) is 69.6 Å². The molecular formula is C12H22N2O3S. The van der Waals surface area contributed by atoms with Crippen LogP contribution in [0.5, 0.6) is 0 Å². The van der Waals surface area contributed by atoms with Crippen molar-refractivity contribution in [2.24, 2.45) is 5.41 Å². The lowest BCUT2D eigenvalue weighted by atomic mass is 9.88. The van der Waals surface area contributed by atoms with E-state index >= 15 is 0 Å². The van der Waals surface area contributed by atoms with E-state index < -0.39 is 12.0 Å². The molecule has 1 aliphatic heterocycles. The van der Waals surface area contributed by atoms with Gasteiger partial charge < -0.3 is 10.4 Å². The quantitative estimate of drug-likeness (QED) is 0.808. The SMILES string of the molecule is CC1SCC(C(=O)O)N1C(=O)NC(C)C(C)(C)C. The fraction of sp³-hybridized carbons (Fsp3) is 0.833. The van der Waals surface area contributed by atoms with Crippen molar-refractivity contribution in [3.8, 4) is 0 Å². The number of hydrogen-bond donors (Lipinski definition) is 2. The van der Waals surface area contributed by atoms with E-state index in [1.807, 2.05) is 34.6 Å². The molecule has 0 aromatic rings. The van der Waals surface area contributed by atoms with Crippen molar-refractivity contribution in [3.63, 3.8) is 0 Å². The van der Waals surface area contributed by atoms with Gasteiger partial charge in [-0.1, -0.05) is 20.8 Å². The Balaban J connectivity index is 2.73. The lowest BCUT2D eigenvalue weighted by molar-refractivity contribution is -0.141. The van der Waals surface area contributed by atoms with E-state index in [2.05, 4.69) is 5.32 Å². The Hall–Kier alpha value is -0.910. The van der Waals surface area contributed by atoms with E-state index in [1.165, 1.54) is 16.7 Å². The van der Waals surface area contributed by atoms with E-state index in [1.54, 1.807) is 0 Å².